The van der Waals surface area contributed by atoms with Crippen molar-refractivity contribution in [1.82, 2.24) is 0 Å². The third-order valence-corrected chi connectivity index (χ3v) is 5.28. The van der Waals surface area contributed by atoms with Crippen molar-refractivity contribution < 1.29 is 4.42 Å². The normalized spacial score (nSPS) is 13.1. The van der Waals surface area contributed by atoms with Crippen molar-refractivity contribution >= 4 is 38.9 Å². The molecule has 16 heavy (non-hydrogen) atoms. The van der Waals surface area contributed by atoms with E-state index in [0.717, 1.165) is 25.7 Å². The van der Waals surface area contributed by atoms with Crippen molar-refractivity contribution in [3.05, 3.63) is 43.4 Å². The molecule has 2 aromatic rings. The van der Waals surface area contributed by atoms with Crippen molar-refractivity contribution in [2.45, 2.75) is 26.1 Å². The molecule has 0 saturated heterocycles. The minimum atomic E-state index is -0.118. The van der Waals surface area contributed by atoms with Gasteiger partial charge in [0, 0.05) is 10.4 Å². The van der Waals surface area contributed by atoms with Gasteiger partial charge in [0.05, 0.1) is 9.16 Å². The Morgan fingerprint density at radius 1 is 1.31 bits per heavy atom. The Bertz CT molecular complexity index is 496. The average Bonchev–Trinajstić information content (AvgIpc) is 2.70. The summed E-state index contributed by atoms with van der Waals surface area (Å²) in [7, 11) is 0. The van der Waals surface area contributed by atoms with Gasteiger partial charge in [0.15, 0.2) is 0 Å². The summed E-state index contributed by atoms with van der Waals surface area (Å²) in [5.41, 5.74) is 2.29. The van der Waals surface area contributed by atoms with E-state index < -0.39 is 0 Å². The molecule has 0 spiro atoms. The van der Waals surface area contributed by atoms with Crippen LogP contribution in [0.4, 0.5) is 0 Å². The summed E-state index contributed by atoms with van der Waals surface area (Å²) in [5.74, 6) is 1.81. The lowest BCUT2D eigenvalue weighted by atomic mass is 10.1. The van der Waals surface area contributed by atoms with Crippen molar-refractivity contribution in [3.8, 4) is 0 Å². The van der Waals surface area contributed by atoms with E-state index in [0.29, 0.717) is 0 Å². The highest BCUT2D eigenvalue weighted by Gasteiger charge is 2.19. The Kier molecular flexibility index (Phi) is 3.48. The van der Waals surface area contributed by atoms with Crippen molar-refractivity contribution in [1.29, 1.82) is 0 Å². The first-order valence-electron chi connectivity index (χ1n) is 4.96. The molecule has 0 radical (unpaired) electrons. The Morgan fingerprint density at radius 3 is 2.44 bits per heavy atom. The number of aryl methyl sites for hydroxylation is 3. The molecule has 0 aromatic carbocycles. The van der Waals surface area contributed by atoms with Crippen LogP contribution in [0.15, 0.2) is 20.3 Å². The average molecular weight is 320 g/mol. The molecule has 0 aliphatic rings. The molecule has 1 atom stereocenters. The molecule has 0 bridgehead atoms. The van der Waals surface area contributed by atoms with Gasteiger partial charge >= 0.3 is 0 Å². The zero-order valence-electron chi connectivity index (χ0n) is 9.30. The Morgan fingerprint density at radius 2 is 2.00 bits per heavy atom. The molecule has 0 fully saturated rings. The third kappa shape index (κ3) is 2.22. The van der Waals surface area contributed by atoms with Crippen LogP contribution in [0.3, 0.4) is 0 Å². The predicted molar refractivity (Wildman–Crippen MR) is 72.6 cm³/mol. The predicted octanol–water partition coefficient (Wildman–Crippen LogP) is 5.36. The number of thiophene rings is 1. The highest BCUT2D eigenvalue weighted by Crippen LogP contribution is 2.39. The van der Waals surface area contributed by atoms with Crippen LogP contribution in [0.1, 0.15) is 32.9 Å². The van der Waals surface area contributed by atoms with E-state index in [-0.39, 0.29) is 5.38 Å². The van der Waals surface area contributed by atoms with Gasteiger partial charge in [-0.1, -0.05) is 0 Å². The number of halogens is 2. The quantitative estimate of drug-likeness (QED) is 0.679. The molecule has 2 heterocycles. The van der Waals surface area contributed by atoms with E-state index in [1.54, 1.807) is 11.3 Å². The van der Waals surface area contributed by atoms with Crippen LogP contribution in [0.2, 0.25) is 0 Å². The molecule has 2 rings (SSSR count). The van der Waals surface area contributed by atoms with Gasteiger partial charge in [-0.25, -0.2) is 0 Å². The fraction of sp³-hybridized carbons (Fsp3) is 0.333. The summed E-state index contributed by atoms with van der Waals surface area (Å²) in [6.45, 7) is 5.96. The number of hydrogen-bond acceptors (Lipinski definition) is 2. The lowest BCUT2D eigenvalue weighted by Gasteiger charge is -2.04. The van der Waals surface area contributed by atoms with Crippen LogP contribution >= 0.6 is 38.9 Å². The highest BCUT2D eigenvalue weighted by atomic mass is 79.9. The van der Waals surface area contributed by atoms with Gasteiger partial charge in [0.1, 0.15) is 11.5 Å². The SMILES string of the molecule is Cc1cc(C(Cl)c2cc(C)c(Br)s2)c(C)o1. The Balaban J connectivity index is 2.38. The van der Waals surface area contributed by atoms with E-state index in [2.05, 4.69) is 28.9 Å². The van der Waals surface area contributed by atoms with E-state index >= 15 is 0 Å². The monoisotopic (exact) mass is 318 g/mol. The first kappa shape index (κ1) is 12.2. The summed E-state index contributed by atoms with van der Waals surface area (Å²) >= 11 is 11.7. The van der Waals surface area contributed by atoms with Gasteiger partial charge < -0.3 is 4.42 Å². The van der Waals surface area contributed by atoms with Crippen LogP contribution in [-0.2, 0) is 0 Å². The second kappa shape index (κ2) is 4.55. The maximum absolute atomic E-state index is 6.47. The largest absolute Gasteiger partial charge is 0.466 e. The van der Waals surface area contributed by atoms with Crippen molar-refractivity contribution in [2.24, 2.45) is 0 Å². The summed E-state index contributed by atoms with van der Waals surface area (Å²) in [6, 6.07) is 4.13. The lowest BCUT2D eigenvalue weighted by molar-refractivity contribution is 0.501. The van der Waals surface area contributed by atoms with Gasteiger partial charge in [0.25, 0.3) is 0 Å². The second-order valence-corrected chi connectivity index (χ2v) is 6.67. The highest BCUT2D eigenvalue weighted by molar-refractivity contribution is 9.11. The Labute approximate surface area is 113 Å². The molecule has 0 saturated carbocycles. The van der Waals surface area contributed by atoms with E-state index in [9.17, 15) is 0 Å². The van der Waals surface area contributed by atoms with Crippen LogP contribution < -0.4 is 0 Å². The number of alkyl halides is 1. The van der Waals surface area contributed by atoms with E-state index in [1.165, 1.54) is 5.56 Å². The fourth-order valence-corrected chi connectivity index (χ4v) is 3.65. The Hall–Kier alpha value is -0.250. The van der Waals surface area contributed by atoms with Gasteiger partial charge in [-0.2, -0.15) is 0 Å². The zero-order valence-corrected chi connectivity index (χ0v) is 12.5. The third-order valence-electron chi connectivity index (χ3n) is 2.48. The molecule has 4 heteroatoms. The summed E-state index contributed by atoms with van der Waals surface area (Å²) in [5, 5.41) is -0.118. The fourth-order valence-electron chi connectivity index (χ4n) is 1.66. The van der Waals surface area contributed by atoms with Crippen LogP contribution in [0.25, 0.3) is 0 Å². The lowest BCUT2D eigenvalue weighted by Crippen LogP contribution is -1.89. The zero-order chi connectivity index (χ0) is 11.9. The number of rotatable bonds is 2. The molecular weight excluding hydrogens is 308 g/mol. The molecule has 2 aromatic heterocycles. The standard InChI is InChI=1S/C12H12BrClOS/c1-6-4-10(16-12(6)13)11(14)9-5-7(2)15-8(9)3/h4-5,11H,1-3H3. The van der Waals surface area contributed by atoms with Crippen molar-refractivity contribution in [2.75, 3.05) is 0 Å². The maximum Gasteiger partial charge on any atom is 0.106 e. The summed E-state index contributed by atoms with van der Waals surface area (Å²) in [6.07, 6.45) is 0. The molecule has 1 nitrogen and oxygen atoms in total. The first-order chi connectivity index (χ1) is 7.49. The van der Waals surface area contributed by atoms with Crippen LogP contribution in [-0.4, -0.2) is 0 Å². The summed E-state index contributed by atoms with van der Waals surface area (Å²) in [4.78, 5) is 1.15. The van der Waals surface area contributed by atoms with Crippen molar-refractivity contribution in [3.63, 3.8) is 0 Å². The van der Waals surface area contributed by atoms with Gasteiger partial charge in [-0.3, -0.25) is 0 Å². The molecule has 0 aliphatic heterocycles. The number of furan rings is 1. The first-order valence-corrected chi connectivity index (χ1v) is 7.00. The topological polar surface area (TPSA) is 13.1 Å². The molecule has 0 amide bonds. The minimum Gasteiger partial charge on any atom is -0.466 e. The van der Waals surface area contributed by atoms with Gasteiger partial charge in [-0.05, 0) is 54.4 Å². The maximum atomic E-state index is 6.47. The van der Waals surface area contributed by atoms with E-state index in [4.69, 9.17) is 16.0 Å². The minimum absolute atomic E-state index is 0.118. The smallest absolute Gasteiger partial charge is 0.106 e. The van der Waals surface area contributed by atoms with Gasteiger partial charge in [-0.15, -0.1) is 22.9 Å². The second-order valence-electron chi connectivity index (χ2n) is 3.84. The number of hydrogen-bond donors (Lipinski definition) is 0. The molecule has 0 aliphatic carbocycles. The van der Waals surface area contributed by atoms with E-state index in [1.807, 2.05) is 19.9 Å². The molecule has 0 N–H and O–H groups in total. The van der Waals surface area contributed by atoms with Crippen LogP contribution in [0, 0.1) is 20.8 Å². The van der Waals surface area contributed by atoms with Crippen LogP contribution in [0.5, 0.6) is 0 Å². The molecule has 86 valence electrons. The summed E-state index contributed by atoms with van der Waals surface area (Å²) < 4.78 is 6.65. The molecular formula is C12H12BrClOS. The van der Waals surface area contributed by atoms with Gasteiger partial charge in [0.2, 0.25) is 0 Å². The molecule has 1 unspecified atom stereocenters.